The lowest BCUT2D eigenvalue weighted by Crippen LogP contribution is -2.19. The minimum absolute atomic E-state index is 0.0721. The van der Waals surface area contributed by atoms with E-state index in [4.69, 9.17) is 32.7 Å². The number of cyclic esters (lactones) is 1. The first kappa shape index (κ1) is 9.62. The van der Waals surface area contributed by atoms with E-state index >= 15 is 0 Å². The quantitative estimate of drug-likeness (QED) is 0.552. The van der Waals surface area contributed by atoms with Gasteiger partial charge in [-0.25, -0.2) is 4.79 Å². The Kier molecular flexibility index (Phi) is 2.52. The van der Waals surface area contributed by atoms with Crippen LogP contribution in [0.25, 0.3) is 0 Å². The van der Waals surface area contributed by atoms with E-state index in [2.05, 4.69) is 0 Å². The zero-order chi connectivity index (χ0) is 10.1. The Hall–Kier alpha value is -0.930. The predicted molar refractivity (Wildman–Crippen MR) is 51.9 cm³/mol. The van der Waals surface area contributed by atoms with Crippen molar-refractivity contribution < 1.29 is 14.3 Å². The first-order valence-corrected chi connectivity index (χ1v) is 4.82. The average molecular weight is 233 g/mol. The van der Waals surface area contributed by atoms with E-state index in [9.17, 15) is 4.79 Å². The molecule has 2 rings (SSSR count). The standard InChI is InChI=1S/C9H6Cl2O3/c10-3-5-1-6(11)2-7-8(5)13-4-14-9(7)12/h1-2H,3-4H2. The molecule has 0 fully saturated rings. The highest BCUT2D eigenvalue weighted by Gasteiger charge is 2.23. The normalized spacial score (nSPS) is 14.3. The molecule has 0 saturated heterocycles. The molecule has 0 aromatic heterocycles. The van der Waals surface area contributed by atoms with E-state index in [0.29, 0.717) is 21.9 Å². The van der Waals surface area contributed by atoms with Gasteiger partial charge in [-0.1, -0.05) is 11.6 Å². The van der Waals surface area contributed by atoms with Gasteiger partial charge < -0.3 is 9.47 Å². The second-order valence-corrected chi connectivity index (χ2v) is 3.47. The van der Waals surface area contributed by atoms with Gasteiger partial charge in [0.25, 0.3) is 0 Å². The second kappa shape index (κ2) is 3.67. The van der Waals surface area contributed by atoms with Crippen LogP contribution in [0.4, 0.5) is 0 Å². The van der Waals surface area contributed by atoms with Crippen LogP contribution in [0, 0.1) is 0 Å². The molecule has 5 heteroatoms. The minimum Gasteiger partial charge on any atom is -0.456 e. The third-order valence-electron chi connectivity index (χ3n) is 1.89. The Morgan fingerprint density at radius 3 is 2.86 bits per heavy atom. The molecule has 1 aromatic carbocycles. The molecule has 0 N–H and O–H groups in total. The van der Waals surface area contributed by atoms with Crippen LogP contribution in [0.3, 0.4) is 0 Å². The van der Waals surface area contributed by atoms with Crippen LogP contribution in [-0.4, -0.2) is 12.8 Å². The number of fused-ring (bicyclic) bond motifs is 1. The van der Waals surface area contributed by atoms with Crippen molar-refractivity contribution in [2.75, 3.05) is 6.79 Å². The summed E-state index contributed by atoms with van der Waals surface area (Å²) in [6, 6.07) is 3.18. The van der Waals surface area contributed by atoms with E-state index in [1.807, 2.05) is 0 Å². The fourth-order valence-electron chi connectivity index (χ4n) is 1.29. The zero-order valence-electron chi connectivity index (χ0n) is 7.05. The Bertz CT molecular complexity index is 390. The maximum Gasteiger partial charge on any atom is 0.344 e. The Morgan fingerprint density at radius 2 is 2.14 bits per heavy atom. The van der Waals surface area contributed by atoms with Crippen molar-refractivity contribution in [2.24, 2.45) is 0 Å². The van der Waals surface area contributed by atoms with Crippen LogP contribution in [-0.2, 0) is 10.6 Å². The van der Waals surface area contributed by atoms with Gasteiger partial charge in [0, 0.05) is 10.6 Å². The van der Waals surface area contributed by atoms with Gasteiger partial charge in [-0.05, 0) is 12.1 Å². The molecule has 14 heavy (non-hydrogen) atoms. The van der Waals surface area contributed by atoms with Crippen molar-refractivity contribution in [3.63, 3.8) is 0 Å². The van der Waals surface area contributed by atoms with E-state index in [-0.39, 0.29) is 12.7 Å². The van der Waals surface area contributed by atoms with Crippen molar-refractivity contribution in [3.8, 4) is 5.75 Å². The summed E-state index contributed by atoms with van der Waals surface area (Å²) in [5.74, 6) is 0.289. The van der Waals surface area contributed by atoms with Crippen molar-refractivity contribution in [1.82, 2.24) is 0 Å². The van der Waals surface area contributed by atoms with Gasteiger partial charge in [-0.3, -0.25) is 0 Å². The third-order valence-corrected chi connectivity index (χ3v) is 2.39. The first-order valence-electron chi connectivity index (χ1n) is 3.90. The topological polar surface area (TPSA) is 35.5 Å². The summed E-state index contributed by atoms with van der Waals surface area (Å²) < 4.78 is 9.88. The summed E-state index contributed by atoms with van der Waals surface area (Å²) in [6.07, 6.45) is 0. The molecule has 1 heterocycles. The van der Waals surface area contributed by atoms with Crippen molar-refractivity contribution in [3.05, 3.63) is 28.3 Å². The summed E-state index contributed by atoms with van der Waals surface area (Å²) in [4.78, 5) is 11.3. The third kappa shape index (κ3) is 1.53. The maximum absolute atomic E-state index is 11.3. The Morgan fingerprint density at radius 1 is 1.36 bits per heavy atom. The van der Waals surface area contributed by atoms with Gasteiger partial charge in [-0.15, -0.1) is 11.6 Å². The molecule has 0 amide bonds. The SMILES string of the molecule is O=C1OCOc2c(CCl)cc(Cl)cc21. The number of alkyl halides is 1. The average Bonchev–Trinajstić information content (AvgIpc) is 2.18. The van der Waals surface area contributed by atoms with Crippen LogP contribution in [0.15, 0.2) is 12.1 Å². The lowest BCUT2D eigenvalue weighted by Gasteiger charge is -2.19. The number of esters is 1. The molecule has 0 bridgehead atoms. The lowest BCUT2D eigenvalue weighted by molar-refractivity contribution is 0.00459. The highest BCUT2D eigenvalue weighted by Crippen LogP contribution is 2.32. The summed E-state index contributed by atoms with van der Waals surface area (Å²) >= 11 is 11.5. The molecule has 0 radical (unpaired) electrons. The van der Waals surface area contributed by atoms with Crippen molar-refractivity contribution in [2.45, 2.75) is 5.88 Å². The van der Waals surface area contributed by atoms with Gasteiger partial charge in [-0.2, -0.15) is 0 Å². The summed E-state index contributed by atoms with van der Waals surface area (Å²) in [5.41, 5.74) is 1.03. The number of carbonyl (C=O) groups excluding carboxylic acids is 1. The number of rotatable bonds is 1. The fourth-order valence-corrected chi connectivity index (χ4v) is 1.73. The summed E-state index contributed by atoms with van der Waals surface area (Å²) in [5, 5.41) is 0.446. The highest BCUT2D eigenvalue weighted by molar-refractivity contribution is 6.31. The van der Waals surface area contributed by atoms with Gasteiger partial charge in [0.1, 0.15) is 11.3 Å². The van der Waals surface area contributed by atoms with E-state index in [0.717, 1.165) is 0 Å². The zero-order valence-corrected chi connectivity index (χ0v) is 8.56. The second-order valence-electron chi connectivity index (χ2n) is 2.77. The lowest BCUT2D eigenvalue weighted by atomic mass is 10.1. The molecule has 74 valence electrons. The minimum atomic E-state index is -0.430. The molecule has 1 aromatic rings. The van der Waals surface area contributed by atoms with Gasteiger partial charge in [0.15, 0.2) is 0 Å². The van der Waals surface area contributed by atoms with Crippen molar-refractivity contribution >= 4 is 29.2 Å². The molecule has 0 aliphatic carbocycles. The number of benzene rings is 1. The summed E-state index contributed by atoms with van der Waals surface area (Å²) in [6.45, 7) is -0.0721. The first-order chi connectivity index (χ1) is 6.72. The van der Waals surface area contributed by atoms with Crippen LogP contribution >= 0.6 is 23.2 Å². The van der Waals surface area contributed by atoms with Gasteiger partial charge in [0.2, 0.25) is 6.79 Å². The molecular weight excluding hydrogens is 227 g/mol. The van der Waals surface area contributed by atoms with Gasteiger partial charge >= 0.3 is 5.97 Å². The number of carbonyl (C=O) groups is 1. The smallest absolute Gasteiger partial charge is 0.344 e. The molecule has 0 unspecified atom stereocenters. The van der Waals surface area contributed by atoms with E-state index < -0.39 is 5.97 Å². The monoisotopic (exact) mass is 232 g/mol. The molecule has 1 aliphatic heterocycles. The number of hydrogen-bond acceptors (Lipinski definition) is 3. The Balaban J connectivity index is 2.60. The van der Waals surface area contributed by atoms with Crippen molar-refractivity contribution in [1.29, 1.82) is 0 Å². The summed E-state index contributed by atoms with van der Waals surface area (Å²) in [7, 11) is 0. The molecular formula is C9H6Cl2O3. The van der Waals surface area contributed by atoms with Crippen LogP contribution in [0.2, 0.25) is 5.02 Å². The number of hydrogen-bond donors (Lipinski definition) is 0. The van der Waals surface area contributed by atoms with Gasteiger partial charge in [0.05, 0.1) is 5.88 Å². The fraction of sp³-hybridized carbons (Fsp3) is 0.222. The van der Waals surface area contributed by atoms with Crippen LogP contribution < -0.4 is 4.74 Å². The van der Waals surface area contributed by atoms with E-state index in [1.165, 1.54) is 6.07 Å². The molecule has 0 saturated carbocycles. The largest absolute Gasteiger partial charge is 0.456 e. The molecule has 3 nitrogen and oxygen atoms in total. The van der Waals surface area contributed by atoms with Crippen LogP contribution in [0.5, 0.6) is 5.75 Å². The Labute approximate surface area is 90.5 Å². The number of ether oxygens (including phenoxy) is 2. The molecule has 0 spiro atoms. The van der Waals surface area contributed by atoms with Crippen LogP contribution in [0.1, 0.15) is 15.9 Å². The maximum atomic E-state index is 11.3. The molecule has 1 aliphatic rings. The number of halogens is 2. The molecule has 0 atom stereocenters. The highest BCUT2D eigenvalue weighted by atomic mass is 35.5. The predicted octanol–water partition coefficient (Wildman–Crippen LogP) is 2.59. The van der Waals surface area contributed by atoms with E-state index in [1.54, 1.807) is 6.07 Å².